The Hall–Kier alpha value is -1.56. The predicted molar refractivity (Wildman–Crippen MR) is 78.0 cm³/mol. The van der Waals surface area contributed by atoms with Crippen LogP contribution in [-0.2, 0) is 0 Å². The van der Waals surface area contributed by atoms with Gasteiger partial charge in [0.2, 0.25) is 0 Å². The zero-order valence-electron chi connectivity index (χ0n) is 10.7. The molecule has 0 bridgehead atoms. The van der Waals surface area contributed by atoms with E-state index in [-0.39, 0.29) is 12.0 Å². The normalized spacial score (nSPS) is 11.2. The molecule has 0 fully saturated rings. The average molecular weight is 313 g/mol. The van der Waals surface area contributed by atoms with Crippen LogP contribution in [0.4, 0.5) is 10.5 Å². The third-order valence-electron chi connectivity index (χ3n) is 2.39. The Labute approximate surface area is 115 Å². The summed E-state index contributed by atoms with van der Waals surface area (Å²) in [7, 11) is 1.68. The van der Waals surface area contributed by atoms with Gasteiger partial charge in [-0.3, -0.25) is 15.2 Å². The van der Waals surface area contributed by atoms with Crippen molar-refractivity contribution in [2.75, 3.05) is 18.5 Å². The Bertz CT molecular complexity index is 453. The summed E-state index contributed by atoms with van der Waals surface area (Å²) >= 11 is 3.43. The predicted octanol–water partition coefficient (Wildman–Crippen LogP) is 2.24. The van der Waals surface area contributed by atoms with Gasteiger partial charge in [0.1, 0.15) is 0 Å². The molecule has 0 aliphatic heterocycles. The first-order valence-electron chi connectivity index (χ1n) is 5.57. The van der Waals surface area contributed by atoms with Crippen molar-refractivity contribution >= 4 is 33.6 Å². The van der Waals surface area contributed by atoms with E-state index in [4.69, 9.17) is 5.73 Å². The number of para-hydroxylation sites is 1. The minimum absolute atomic E-state index is 0.124. The standard InChI is InChI=1S/C12H17BrN4O/c1-4-15-11(14)16-12(18)17(3)10-8(2)6-5-7-9(10)13/h5-7H,4H2,1-3H3,(H3,14,15,16,18). The lowest BCUT2D eigenvalue weighted by Gasteiger charge is -2.21. The second kappa shape index (κ2) is 6.39. The molecule has 1 aromatic carbocycles. The van der Waals surface area contributed by atoms with Crippen molar-refractivity contribution in [2.24, 2.45) is 10.7 Å². The summed E-state index contributed by atoms with van der Waals surface area (Å²) < 4.78 is 0.853. The number of amides is 2. The largest absolute Gasteiger partial charge is 0.370 e. The number of hydrogen-bond acceptors (Lipinski definition) is 2. The average Bonchev–Trinajstić information content (AvgIpc) is 2.28. The van der Waals surface area contributed by atoms with Crippen LogP contribution >= 0.6 is 15.9 Å². The van der Waals surface area contributed by atoms with Gasteiger partial charge in [-0.25, -0.2) is 4.79 Å². The molecule has 0 aliphatic carbocycles. The van der Waals surface area contributed by atoms with Crippen molar-refractivity contribution in [3.63, 3.8) is 0 Å². The second-order valence-corrected chi connectivity index (χ2v) is 4.61. The van der Waals surface area contributed by atoms with E-state index in [9.17, 15) is 4.79 Å². The van der Waals surface area contributed by atoms with Crippen molar-refractivity contribution in [1.29, 1.82) is 0 Å². The maximum atomic E-state index is 12.0. The summed E-state index contributed by atoms with van der Waals surface area (Å²) in [5.41, 5.74) is 7.36. The minimum atomic E-state index is -0.320. The molecular weight excluding hydrogens is 296 g/mol. The summed E-state index contributed by atoms with van der Waals surface area (Å²) in [6.45, 7) is 4.32. The van der Waals surface area contributed by atoms with Crippen molar-refractivity contribution < 1.29 is 4.79 Å². The summed E-state index contributed by atoms with van der Waals surface area (Å²) in [5, 5.41) is 2.53. The topological polar surface area (TPSA) is 70.7 Å². The third-order valence-corrected chi connectivity index (χ3v) is 3.03. The van der Waals surface area contributed by atoms with Crippen LogP contribution in [0.2, 0.25) is 0 Å². The summed E-state index contributed by atoms with van der Waals surface area (Å²) in [5.74, 6) is 0.124. The monoisotopic (exact) mass is 312 g/mol. The number of aryl methyl sites for hydroxylation is 1. The number of guanidine groups is 1. The lowest BCUT2D eigenvalue weighted by molar-refractivity contribution is 0.251. The van der Waals surface area contributed by atoms with Gasteiger partial charge in [-0.15, -0.1) is 0 Å². The minimum Gasteiger partial charge on any atom is -0.370 e. The lowest BCUT2D eigenvalue weighted by atomic mass is 10.2. The van der Waals surface area contributed by atoms with E-state index in [1.165, 1.54) is 4.90 Å². The number of aliphatic imine (C=N–C) groups is 1. The van der Waals surface area contributed by atoms with E-state index < -0.39 is 0 Å². The Morgan fingerprint density at radius 2 is 2.22 bits per heavy atom. The van der Waals surface area contributed by atoms with Crippen LogP contribution in [0.15, 0.2) is 27.7 Å². The van der Waals surface area contributed by atoms with Crippen LogP contribution in [0, 0.1) is 6.92 Å². The molecule has 18 heavy (non-hydrogen) atoms. The van der Waals surface area contributed by atoms with E-state index in [0.29, 0.717) is 6.54 Å². The molecular formula is C12H17BrN4O. The van der Waals surface area contributed by atoms with Gasteiger partial charge in [-0.1, -0.05) is 12.1 Å². The highest BCUT2D eigenvalue weighted by molar-refractivity contribution is 9.10. The van der Waals surface area contributed by atoms with Gasteiger partial charge in [0, 0.05) is 18.1 Å². The first kappa shape index (κ1) is 14.5. The molecule has 0 spiro atoms. The molecule has 6 heteroatoms. The Morgan fingerprint density at radius 1 is 1.56 bits per heavy atom. The number of nitrogens with zero attached hydrogens (tertiary/aromatic N) is 2. The highest BCUT2D eigenvalue weighted by Gasteiger charge is 2.16. The van der Waals surface area contributed by atoms with Gasteiger partial charge < -0.3 is 5.73 Å². The smallest absolute Gasteiger partial charge is 0.328 e. The van der Waals surface area contributed by atoms with E-state index in [1.54, 1.807) is 7.05 Å². The van der Waals surface area contributed by atoms with Gasteiger partial charge in [-0.05, 0) is 41.4 Å². The van der Waals surface area contributed by atoms with Crippen LogP contribution in [0.5, 0.6) is 0 Å². The first-order chi connectivity index (χ1) is 8.47. The third kappa shape index (κ3) is 3.46. The van der Waals surface area contributed by atoms with Crippen molar-refractivity contribution in [1.82, 2.24) is 5.32 Å². The first-order valence-corrected chi connectivity index (χ1v) is 6.36. The van der Waals surface area contributed by atoms with Gasteiger partial charge >= 0.3 is 6.03 Å². The molecule has 0 unspecified atom stereocenters. The fourth-order valence-electron chi connectivity index (χ4n) is 1.55. The van der Waals surface area contributed by atoms with Crippen LogP contribution in [0.1, 0.15) is 12.5 Å². The number of rotatable bonds is 2. The fourth-order valence-corrected chi connectivity index (χ4v) is 2.28. The highest BCUT2D eigenvalue weighted by atomic mass is 79.9. The number of carbonyl (C=O) groups excluding carboxylic acids is 1. The number of anilines is 1. The number of carbonyl (C=O) groups is 1. The maximum absolute atomic E-state index is 12.0. The molecule has 1 rings (SSSR count). The van der Waals surface area contributed by atoms with Gasteiger partial charge in [0.15, 0.2) is 5.96 Å². The van der Waals surface area contributed by atoms with E-state index in [1.807, 2.05) is 32.0 Å². The quantitative estimate of drug-likeness (QED) is 0.649. The molecule has 0 atom stereocenters. The molecule has 2 amide bonds. The molecule has 1 aromatic rings. The molecule has 98 valence electrons. The molecule has 0 saturated carbocycles. The highest BCUT2D eigenvalue weighted by Crippen LogP contribution is 2.28. The maximum Gasteiger partial charge on any atom is 0.328 e. The zero-order valence-corrected chi connectivity index (χ0v) is 12.3. The Kier molecular flexibility index (Phi) is 5.15. The number of nitrogens with two attached hydrogens (primary N) is 1. The Morgan fingerprint density at radius 3 is 2.78 bits per heavy atom. The Balaban J connectivity index is 2.90. The zero-order chi connectivity index (χ0) is 13.7. The summed E-state index contributed by atoms with van der Waals surface area (Å²) in [4.78, 5) is 17.4. The van der Waals surface area contributed by atoms with Crippen LogP contribution < -0.4 is 16.0 Å². The number of nitrogens with one attached hydrogen (secondary N) is 1. The van der Waals surface area contributed by atoms with Gasteiger partial charge in [0.05, 0.1) is 5.69 Å². The number of urea groups is 1. The van der Waals surface area contributed by atoms with E-state index >= 15 is 0 Å². The fraction of sp³-hybridized carbons (Fsp3) is 0.333. The molecule has 0 radical (unpaired) electrons. The summed E-state index contributed by atoms with van der Waals surface area (Å²) in [6.07, 6.45) is 0. The SMILES string of the molecule is CCN=C(N)NC(=O)N(C)c1c(C)cccc1Br. The molecule has 0 aromatic heterocycles. The van der Waals surface area contributed by atoms with E-state index in [0.717, 1.165) is 15.7 Å². The molecule has 3 N–H and O–H groups in total. The molecule has 0 aliphatic rings. The summed E-state index contributed by atoms with van der Waals surface area (Å²) in [6, 6.07) is 5.42. The van der Waals surface area contributed by atoms with Crippen molar-refractivity contribution in [2.45, 2.75) is 13.8 Å². The van der Waals surface area contributed by atoms with Crippen LogP contribution in [0.25, 0.3) is 0 Å². The molecule has 0 heterocycles. The number of hydrogen-bond donors (Lipinski definition) is 2. The molecule has 0 saturated heterocycles. The lowest BCUT2D eigenvalue weighted by Crippen LogP contribution is -2.44. The van der Waals surface area contributed by atoms with Crippen LogP contribution in [0.3, 0.4) is 0 Å². The van der Waals surface area contributed by atoms with Crippen LogP contribution in [-0.4, -0.2) is 25.6 Å². The second-order valence-electron chi connectivity index (χ2n) is 3.75. The van der Waals surface area contributed by atoms with Gasteiger partial charge in [0.25, 0.3) is 0 Å². The van der Waals surface area contributed by atoms with E-state index in [2.05, 4.69) is 26.2 Å². The molecule has 5 nitrogen and oxygen atoms in total. The van der Waals surface area contributed by atoms with Crippen molar-refractivity contribution in [3.8, 4) is 0 Å². The van der Waals surface area contributed by atoms with Crippen molar-refractivity contribution in [3.05, 3.63) is 28.2 Å². The van der Waals surface area contributed by atoms with Gasteiger partial charge in [-0.2, -0.15) is 0 Å². The number of benzene rings is 1. The number of halogens is 1.